The molecule has 1 saturated heterocycles. The summed E-state index contributed by atoms with van der Waals surface area (Å²) < 4.78 is 0. The molecule has 14 heavy (non-hydrogen) atoms. The van der Waals surface area contributed by atoms with Crippen LogP contribution in [-0.2, 0) is 4.79 Å². The van der Waals surface area contributed by atoms with Gasteiger partial charge in [0.1, 0.15) is 0 Å². The average Bonchev–Trinajstić information content (AvgIpc) is 2.15. The molecule has 0 aromatic heterocycles. The molecule has 0 bridgehead atoms. The lowest BCUT2D eigenvalue weighted by atomic mass is 10.0. The highest BCUT2D eigenvalue weighted by atomic mass is 35.5. The number of hydrogen-bond donors (Lipinski definition) is 3. The van der Waals surface area contributed by atoms with Gasteiger partial charge in [-0.25, -0.2) is 0 Å². The van der Waals surface area contributed by atoms with E-state index in [4.69, 9.17) is 5.73 Å². The first-order valence-corrected chi connectivity index (χ1v) is 4.97. The summed E-state index contributed by atoms with van der Waals surface area (Å²) in [6, 6.07) is 0.0417. The second kappa shape index (κ2) is 7.04. The highest BCUT2D eigenvalue weighted by molar-refractivity contribution is 5.85. The van der Waals surface area contributed by atoms with E-state index in [1.54, 1.807) is 0 Å². The maximum atomic E-state index is 11.5. The van der Waals surface area contributed by atoms with Crippen LogP contribution in [0.15, 0.2) is 0 Å². The highest BCUT2D eigenvalue weighted by Crippen LogP contribution is 2.06. The summed E-state index contributed by atoms with van der Waals surface area (Å²) in [6.07, 6.45) is 3.27. The lowest BCUT2D eigenvalue weighted by Gasteiger charge is -2.22. The van der Waals surface area contributed by atoms with Gasteiger partial charge in [-0.3, -0.25) is 4.79 Å². The SMILES string of the molecule is CC(N)CNC(=O)[C@@H]1CCCCN1.Cl. The minimum Gasteiger partial charge on any atom is -0.353 e. The monoisotopic (exact) mass is 221 g/mol. The van der Waals surface area contributed by atoms with Crippen molar-refractivity contribution in [2.75, 3.05) is 13.1 Å². The molecule has 0 aromatic carbocycles. The normalized spacial score (nSPS) is 23.4. The predicted molar refractivity (Wildman–Crippen MR) is 59.5 cm³/mol. The standard InChI is InChI=1S/C9H19N3O.ClH/c1-7(10)6-12-9(13)8-4-2-3-5-11-8;/h7-8,11H,2-6,10H2,1H3,(H,12,13);1H/t7?,8-;/m0./s1. The third-order valence-corrected chi connectivity index (χ3v) is 2.23. The van der Waals surface area contributed by atoms with E-state index in [2.05, 4.69) is 10.6 Å². The molecular weight excluding hydrogens is 202 g/mol. The van der Waals surface area contributed by atoms with Crippen LogP contribution in [0.1, 0.15) is 26.2 Å². The van der Waals surface area contributed by atoms with Crippen molar-refractivity contribution >= 4 is 18.3 Å². The Labute approximate surface area is 91.4 Å². The van der Waals surface area contributed by atoms with Crippen LogP contribution in [-0.4, -0.2) is 31.1 Å². The van der Waals surface area contributed by atoms with Crippen LogP contribution in [0.3, 0.4) is 0 Å². The predicted octanol–water partition coefficient (Wildman–Crippen LogP) is 0.0137. The number of nitrogens with one attached hydrogen (secondary N) is 2. The van der Waals surface area contributed by atoms with Crippen molar-refractivity contribution in [2.24, 2.45) is 5.73 Å². The van der Waals surface area contributed by atoms with Crippen LogP contribution in [0, 0.1) is 0 Å². The molecular formula is C9H20ClN3O. The second-order valence-electron chi connectivity index (χ2n) is 3.72. The molecule has 1 amide bonds. The molecule has 84 valence electrons. The van der Waals surface area contributed by atoms with Crippen molar-refractivity contribution in [3.63, 3.8) is 0 Å². The van der Waals surface area contributed by atoms with Gasteiger partial charge in [0, 0.05) is 12.6 Å². The van der Waals surface area contributed by atoms with Crippen molar-refractivity contribution < 1.29 is 4.79 Å². The molecule has 1 rings (SSSR count). The Bertz CT molecular complexity index is 169. The minimum absolute atomic E-state index is 0. The summed E-state index contributed by atoms with van der Waals surface area (Å²) >= 11 is 0. The Morgan fingerprint density at radius 2 is 2.36 bits per heavy atom. The zero-order valence-corrected chi connectivity index (χ0v) is 9.40. The summed E-state index contributed by atoms with van der Waals surface area (Å²) in [4.78, 5) is 11.5. The van der Waals surface area contributed by atoms with Crippen molar-refractivity contribution in [1.82, 2.24) is 10.6 Å². The number of rotatable bonds is 3. The highest BCUT2D eigenvalue weighted by Gasteiger charge is 2.19. The fraction of sp³-hybridized carbons (Fsp3) is 0.889. The zero-order valence-electron chi connectivity index (χ0n) is 8.58. The molecule has 0 radical (unpaired) electrons. The van der Waals surface area contributed by atoms with Gasteiger partial charge in [0.15, 0.2) is 0 Å². The van der Waals surface area contributed by atoms with Crippen molar-refractivity contribution in [1.29, 1.82) is 0 Å². The topological polar surface area (TPSA) is 67.1 Å². The van der Waals surface area contributed by atoms with E-state index in [1.807, 2.05) is 6.92 Å². The lowest BCUT2D eigenvalue weighted by molar-refractivity contribution is -0.123. The Hall–Kier alpha value is -0.320. The average molecular weight is 222 g/mol. The maximum absolute atomic E-state index is 11.5. The van der Waals surface area contributed by atoms with Gasteiger partial charge in [-0.1, -0.05) is 6.42 Å². The molecule has 0 aliphatic carbocycles. The van der Waals surface area contributed by atoms with Crippen molar-refractivity contribution in [3.8, 4) is 0 Å². The quantitative estimate of drug-likeness (QED) is 0.629. The Balaban J connectivity index is 0.00000169. The zero-order chi connectivity index (χ0) is 9.68. The van der Waals surface area contributed by atoms with E-state index in [0.717, 1.165) is 19.4 Å². The number of halogens is 1. The molecule has 5 heteroatoms. The molecule has 0 aromatic rings. The molecule has 4 N–H and O–H groups in total. The summed E-state index contributed by atoms with van der Waals surface area (Å²) in [7, 11) is 0. The first kappa shape index (κ1) is 13.7. The van der Waals surface area contributed by atoms with Gasteiger partial charge < -0.3 is 16.4 Å². The Morgan fingerprint density at radius 1 is 1.64 bits per heavy atom. The van der Waals surface area contributed by atoms with Gasteiger partial charge in [0.2, 0.25) is 5.91 Å². The van der Waals surface area contributed by atoms with Gasteiger partial charge in [-0.2, -0.15) is 0 Å². The fourth-order valence-electron chi connectivity index (χ4n) is 1.46. The fourth-order valence-corrected chi connectivity index (χ4v) is 1.46. The molecule has 0 spiro atoms. The Kier molecular flexibility index (Phi) is 6.87. The van der Waals surface area contributed by atoms with Crippen LogP contribution >= 0.6 is 12.4 Å². The molecule has 2 atom stereocenters. The van der Waals surface area contributed by atoms with Crippen LogP contribution in [0.5, 0.6) is 0 Å². The summed E-state index contributed by atoms with van der Waals surface area (Å²) in [5.41, 5.74) is 5.54. The van der Waals surface area contributed by atoms with Gasteiger partial charge in [0.25, 0.3) is 0 Å². The van der Waals surface area contributed by atoms with E-state index in [0.29, 0.717) is 6.54 Å². The molecule has 4 nitrogen and oxygen atoms in total. The third kappa shape index (κ3) is 4.79. The van der Waals surface area contributed by atoms with E-state index in [9.17, 15) is 4.79 Å². The number of nitrogens with two attached hydrogens (primary N) is 1. The smallest absolute Gasteiger partial charge is 0.237 e. The first-order valence-electron chi connectivity index (χ1n) is 4.97. The first-order chi connectivity index (χ1) is 6.20. The van der Waals surface area contributed by atoms with E-state index >= 15 is 0 Å². The van der Waals surface area contributed by atoms with Crippen LogP contribution in [0.2, 0.25) is 0 Å². The maximum Gasteiger partial charge on any atom is 0.237 e. The van der Waals surface area contributed by atoms with Crippen LogP contribution in [0.4, 0.5) is 0 Å². The second-order valence-corrected chi connectivity index (χ2v) is 3.72. The molecule has 1 unspecified atom stereocenters. The summed E-state index contributed by atoms with van der Waals surface area (Å²) in [6.45, 7) is 3.40. The number of carbonyl (C=O) groups excluding carboxylic acids is 1. The number of hydrogen-bond acceptors (Lipinski definition) is 3. The van der Waals surface area contributed by atoms with E-state index in [1.165, 1.54) is 6.42 Å². The summed E-state index contributed by atoms with van der Waals surface area (Å²) in [5.74, 6) is 0.0944. The molecule has 1 aliphatic rings. The van der Waals surface area contributed by atoms with Crippen LogP contribution in [0.25, 0.3) is 0 Å². The van der Waals surface area contributed by atoms with Gasteiger partial charge in [-0.05, 0) is 26.3 Å². The van der Waals surface area contributed by atoms with E-state index < -0.39 is 0 Å². The van der Waals surface area contributed by atoms with Gasteiger partial charge in [-0.15, -0.1) is 12.4 Å². The van der Waals surface area contributed by atoms with E-state index in [-0.39, 0.29) is 30.4 Å². The molecule has 1 fully saturated rings. The minimum atomic E-state index is 0. The molecule has 1 heterocycles. The van der Waals surface area contributed by atoms with Gasteiger partial charge >= 0.3 is 0 Å². The number of carbonyl (C=O) groups is 1. The lowest BCUT2D eigenvalue weighted by Crippen LogP contribution is -2.48. The number of amides is 1. The molecule has 0 saturated carbocycles. The van der Waals surface area contributed by atoms with Crippen molar-refractivity contribution in [2.45, 2.75) is 38.3 Å². The Morgan fingerprint density at radius 3 is 2.86 bits per heavy atom. The van der Waals surface area contributed by atoms with Crippen LogP contribution < -0.4 is 16.4 Å². The molecule has 1 aliphatic heterocycles. The van der Waals surface area contributed by atoms with Crippen molar-refractivity contribution in [3.05, 3.63) is 0 Å². The largest absolute Gasteiger partial charge is 0.353 e. The third-order valence-electron chi connectivity index (χ3n) is 2.23. The summed E-state index contributed by atoms with van der Waals surface area (Å²) in [5, 5.41) is 6.02. The van der Waals surface area contributed by atoms with Gasteiger partial charge in [0.05, 0.1) is 6.04 Å². The number of piperidine rings is 1.